The van der Waals surface area contributed by atoms with Gasteiger partial charge in [0.1, 0.15) is 11.9 Å². The first-order valence-corrected chi connectivity index (χ1v) is 6.79. The first kappa shape index (κ1) is 15.2. The summed E-state index contributed by atoms with van der Waals surface area (Å²) in [4.78, 5) is 29.6. The van der Waals surface area contributed by atoms with E-state index in [0.29, 0.717) is 37.7 Å². The molecule has 1 unspecified atom stereocenters. The van der Waals surface area contributed by atoms with Gasteiger partial charge in [-0.05, 0) is 19.1 Å². The molecule has 1 saturated heterocycles. The number of morpholine rings is 1. The Balaban J connectivity index is 2.00. The molecule has 114 valence electrons. The summed E-state index contributed by atoms with van der Waals surface area (Å²) in [6.45, 7) is 4.09. The molecule has 1 N–H and O–H groups in total. The highest BCUT2D eigenvalue weighted by molar-refractivity contribution is 5.90. The molecule has 1 aromatic rings. The van der Waals surface area contributed by atoms with Crippen molar-refractivity contribution in [3.05, 3.63) is 23.9 Å². The standard InChI is InChI=1S/C14H19N3O4/c1-10(13(18)17-5-7-21-8-6-17)16-12-9-11(3-4-15-12)14(19)20-2/h3-4,9-10H,5-8H2,1-2H3,(H,15,16). The van der Waals surface area contributed by atoms with Crippen molar-refractivity contribution in [2.45, 2.75) is 13.0 Å². The highest BCUT2D eigenvalue weighted by atomic mass is 16.5. The van der Waals surface area contributed by atoms with Gasteiger partial charge in [0.05, 0.1) is 25.9 Å². The van der Waals surface area contributed by atoms with E-state index >= 15 is 0 Å². The van der Waals surface area contributed by atoms with E-state index in [2.05, 4.69) is 15.0 Å². The monoisotopic (exact) mass is 293 g/mol. The minimum absolute atomic E-state index is 0.0106. The quantitative estimate of drug-likeness (QED) is 0.816. The second kappa shape index (κ2) is 7.03. The molecule has 2 heterocycles. The number of carbonyl (C=O) groups is 2. The number of esters is 1. The Kier molecular flexibility index (Phi) is 5.10. The third kappa shape index (κ3) is 3.91. The minimum atomic E-state index is -0.437. The molecule has 1 amide bonds. The normalized spacial score (nSPS) is 16.2. The first-order valence-electron chi connectivity index (χ1n) is 6.79. The summed E-state index contributed by atoms with van der Waals surface area (Å²) in [6.07, 6.45) is 1.50. The lowest BCUT2D eigenvalue weighted by Gasteiger charge is -2.29. The SMILES string of the molecule is COC(=O)c1ccnc(NC(C)C(=O)N2CCOCC2)c1. The second-order valence-corrected chi connectivity index (χ2v) is 4.73. The van der Waals surface area contributed by atoms with Crippen LogP contribution in [-0.2, 0) is 14.3 Å². The molecule has 1 atom stereocenters. The molecule has 0 saturated carbocycles. The Labute approximate surface area is 123 Å². The Bertz CT molecular complexity index is 515. The van der Waals surface area contributed by atoms with Crippen LogP contribution in [0.15, 0.2) is 18.3 Å². The van der Waals surface area contributed by atoms with Gasteiger partial charge < -0.3 is 19.7 Å². The van der Waals surface area contributed by atoms with Crippen molar-refractivity contribution in [3.8, 4) is 0 Å². The van der Waals surface area contributed by atoms with E-state index in [4.69, 9.17) is 4.74 Å². The molecule has 7 nitrogen and oxygen atoms in total. The number of methoxy groups -OCH3 is 1. The van der Waals surface area contributed by atoms with Crippen LogP contribution in [0, 0.1) is 0 Å². The molecule has 2 rings (SSSR count). The van der Waals surface area contributed by atoms with Crippen molar-refractivity contribution < 1.29 is 19.1 Å². The number of anilines is 1. The molecule has 1 fully saturated rings. The maximum absolute atomic E-state index is 12.3. The van der Waals surface area contributed by atoms with Crippen LogP contribution >= 0.6 is 0 Å². The summed E-state index contributed by atoms with van der Waals surface area (Å²) in [5.74, 6) is 0.0168. The lowest BCUT2D eigenvalue weighted by Crippen LogP contribution is -2.47. The molecule has 1 aliphatic heterocycles. The molecule has 21 heavy (non-hydrogen) atoms. The fraction of sp³-hybridized carbons (Fsp3) is 0.500. The minimum Gasteiger partial charge on any atom is -0.465 e. The van der Waals surface area contributed by atoms with Crippen molar-refractivity contribution in [2.24, 2.45) is 0 Å². The van der Waals surface area contributed by atoms with Crippen molar-refractivity contribution in [1.82, 2.24) is 9.88 Å². The molecule has 0 bridgehead atoms. The fourth-order valence-electron chi connectivity index (χ4n) is 2.10. The van der Waals surface area contributed by atoms with E-state index < -0.39 is 12.0 Å². The van der Waals surface area contributed by atoms with Gasteiger partial charge in [-0.15, -0.1) is 0 Å². The number of nitrogens with one attached hydrogen (secondary N) is 1. The van der Waals surface area contributed by atoms with E-state index in [-0.39, 0.29) is 5.91 Å². The predicted molar refractivity (Wildman–Crippen MR) is 76.1 cm³/mol. The van der Waals surface area contributed by atoms with Gasteiger partial charge in [-0.25, -0.2) is 9.78 Å². The molecule has 0 spiro atoms. The van der Waals surface area contributed by atoms with E-state index in [9.17, 15) is 9.59 Å². The zero-order valence-corrected chi connectivity index (χ0v) is 12.2. The maximum atomic E-state index is 12.3. The van der Waals surface area contributed by atoms with Crippen molar-refractivity contribution in [1.29, 1.82) is 0 Å². The van der Waals surface area contributed by atoms with Crippen LogP contribution in [-0.4, -0.2) is 61.2 Å². The third-order valence-corrected chi connectivity index (χ3v) is 3.24. The van der Waals surface area contributed by atoms with Crippen LogP contribution in [0.25, 0.3) is 0 Å². The number of rotatable bonds is 4. The van der Waals surface area contributed by atoms with Crippen LogP contribution in [0.5, 0.6) is 0 Å². The van der Waals surface area contributed by atoms with Crippen LogP contribution in [0.2, 0.25) is 0 Å². The van der Waals surface area contributed by atoms with Crippen LogP contribution < -0.4 is 5.32 Å². The van der Waals surface area contributed by atoms with Crippen molar-refractivity contribution >= 4 is 17.7 Å². The number of carbonyl (C=O) groups excluding carboxylic acids is 2. The lowest BCUT2D eigenvalue weighted by molar-refractivity contribution is -0.135. The van der Waals surface area contributed by atoms with Gasteiger partial charge in [-0.1, -0.05) is 0 Å². The number of amides is 1. The summed E-state index contributed by atoms with van der Waals surface area (Å²) in [5, 5.41) is 3.01. The first-order chi connectivity index (χ1) is 10.1. The van der Waals surface area contributed by atoms with E-state index in [1.54, 1.807) is 24.0 Å². The topological polar surface area (TPSA) is 80.8 Å². The van der Waals surface area contributed by atoms with Gasteiger partial charge in [0, 0.05) is 19.3 Å². The summed E-state index contributed by atoms with van der Waals surface area (Å²) < 4.78 is 9.88. The average Bonchev–Trinajstić information content (AvgIpc) is 2.54. The number of pyridine rings is 1. The van der Waals surface area contributed by atoms with E-state index in [1.807, 2.05) is 0 Å². The smallest absolute Gasteiger partial charge is 0.338 e. The summed E-state index contributed by atoms with van der Waals surface area (Å²) in [7, 11) is 1.32. The lowest BCUT2D eigenvalue weighted by atomic mass is 10.2. The predicted octanol–water partition coefficient (Wildman–Crippen LogP) is 0.527. The maximum Gasteiger partial charge on any atom is 0.338 e. The molecule has 0 aliphatic carbocycles. The fourth-order valence-corrected chi connectivity index (χ4v) is 2.10. The Morgan fingerprint density at radius 1 is 1.43 bits per heavy atom. The highest BCUT2D eigenvalue weighted by Crippen LogP contribution is 2.11. The molecule has 1 aromatic heterocycles. The zero-order chi connectivity index (χ0) is 15.2. The number of hydrogen-bond donors (Lipinski definition) is 1. The van der Waals surface area contributed by atoms with Gasteiger partial charge in [0.25, 0.3) is 0 Å². The molecule has 0 radical (unpaired) electrons. The van der Waals surface area contributed by atoms with Crippen molar-refractivity contribution in [3.63, 3.8) is 0 Å². The average molecular weight is 293 g/mol. The number of nitrogens with zero attached hydrogens (tertiary/aromatic N) is 2. The largest absolute Gasteiger partial charge is 0.465 e. The third-order valence-electron chi connectivity index (χ3n) is 3.24. The Morgan fingerprint density at radius 2 is 2.14 bits per heavy atom. The van der Waals surface area contributed by atoms with Gasteiger partial charge in [-0.2, -0.15) is 0 Å². The van der Waals surface area contributed by atoms with Crippen LogP contribution in [0.3, 0.4) is 0 Å². The molecular formula is C14H19N3O4. The van der Waals surface area contributed by atoms with E-state index in [1.165, 1.54) is 13.3 Å². The van der Waals surface area contributed by atoms with Gasteiger partial charge in [-0.3, -0.25) is 4.79 Å². The second-order valence-electron chi connectivity index (χ2n) is 4.73. The number of hydrogen-bond acceptors (Lipinski definition) is 6. The van der Waals surface area contributed by atoms with E-state index in [0.717, 1.165) is 0 Å². The Morgan fingerprint density at radius 3 is 2.81 bits per heavy atom. The molecule has 7 heteroatoms. The molecule has 0 aromatic carbocycles. The number of ether oxygens (including phenoxy) is 2. The zero-order valence-electron chi connectivity index (χ0n) is 12.2. The van der Waals surface area contributed by atoms with Gasteiger partial charge in [0.15, 0.2) is 0 Å². The van der Waals surface area contributed by atoms with Crippen LogP contribution in [0.1, 0.15) is 17.3 Å². The number of aromatic nitrogens is 1. The highest BCUT2D eigenvalue weighted by Gasteiger charge is 2.22. The van der Waals surface area contributed by atoms with Crippen molar-refractivity contribution in [2.75, 3.05) is 38.7 Å². The van der Waals surface area contributed by atoms with Gasteiger partial charge >= 0.3 is 5.97 Å². The van der Waals surface area contributed by atoms with Gasteiger partial charge in [0.2, 0.25) is 5.91 Å². The summed E-state index contributed by atoms with van der Waals surface area (Å²) >= 11 is 0. The Hall–Kier alpha value is -2.15. The summed E-state index contributed by atoms with van der Waals surface area (Å²) in [6, 6.07) is 2.70. The molecular weight excluding hydrogens is 274 g/mol. The summed E-state index contributed by atoms with van der Waals surface area (Å²) in [5.41, 5.74) is 0.390. The molecule has 1 aliphatic rings. The van der Waals surface area contributed by atoms with Crippen LogP contribution in [0.4, 0.5) is 5.82 Å².